The van der Waals surface area contributed by atoms with Crippen LogP contribution in [0.3, 0.4) is 0 Å². The zero-order valence-electron chi connectivity index (χ0n) is 10.0. The molecule has 2 aromatic rings. The van der Waals surface area contributed by atoms with Gasteiger partial charge in [0.2, 0.25) is 11.6 Å². The molecule has 3 heterocycles. The summed E-state index contributed by atoms with van der Waals surface area (Å²) in [6.07, 6.45) is 5.08. The monoisotopic (exact) mass is 242 g/mol. The maximum absolute atomic E-state index is 8.87. The number of nitrogens with two attached hydrogens (primary N) is 1. The molecule has 0 amide bonds. The van der Waals surface area contributed by atoms with Crippen molar-refractivity contribution in [2.24, 2.45) is 0 Å². The summed E-state index contributed by atoms with van der Waals surface area (Å²) in [4.78, 5) is 6.29. The molecule has 1 aliphatic heterocycles. The summed E-state index contributed by atoms with van der Waals surface area (Å²) in [5.74, 6) is 0.701. The Morgan fingerprint density at radius 2 is 2.11 bits per heavy atom. The van der Waals surface area contributed by atoms with Gasteiger partial charge in [-0.15, -0.1) is 0 Å². The third-order valence-corrected chi connectivity index (χ3v) is 3.34. The lowest BCUT2D eigenvalue weighted by Gasteiger charge is -2.26. The highest BCUT2D eigenvalue weighted by atomic mass is 16.4. The van der Waals surface area contributed by atoms with Gasteiger partial charge in [-0.05, 0) is 25.3 Å². The standard InChI is InChI=1S/C13H14N4O/c14-7-9-6-10-11(15)13(18-12(10)16-8-9)17-4-2-1-3-5-17/h6,8H,1-5,15H2. The molecule has 0 atom stereocenters. The highest BCUT2D eigenvalue weighted by Gasteiger charge is 2.20. The van der Waals surface area contributed by atoms with E-state index >= 15 is 0 Å². The molecule has 0 spiro atoms. The maximum Gasteiger partial charge on any atom is 0.230 e. The van der Waals surface area contributed by atoms with E-state index in [9.17, 15) is 0 Å². The van der Waals surface area contributed by atoms with E-state index in [-0.39, 0.29) is 0 Å². The van der Waals surface area contributed by atoms with Crippen molar-refractivity contribution in [2.45, 2.75) is 19.3 Å². The van der Waals surface area contributed by atoms with Gasteiger partial charge < -0.3 is 15.1 Å². The normalized spacial score (nSPS) is 15.8. The molecule has 5 nitrogen and oxygen atoms in total. The molecule has 0 unspecified atom stereocenters. The Bertz CT molecular complexity index is 620. The molecule has 0 saturated carbocycles. The fourth-order valence-corrected chi connectivity index (χ4v) is 2.38. The average molecular weight is 242 g/mol. The largest absolute Gasteiger partial charge is 0.420 e. The van der Waals surface area contributed by atoms with Gasteiger partial charge in [0.15, 0.2) is 0 Å². The summed E-state index contributed by atoms with van der Waals surface area (Å²) in [6.45, 7) is 1.93. The van der Waals surface area contributed by atoms with Crippen molar-refractivity contribution >= 4 is 22.7 Å². The molecule has 2 aromatic heterocycles. The number of piperidine rings is 1. The van der Waals surface area contributed by atoms with Gasteiger partial charge >= 0.3 is 0 Å². The van der Waals surface area contributed by atoms with Crippen LogP contribution in [0.4, 0.5) is 11.6 Å². The summed E-state index contributed by atoms with van der Waals surface area (Å²) in [5.41, 5.74) is 7.71. The highest BCUT2D eigenvalue weighted by molar-refractivity contribution is 5.94. The van der Waals surface area contributed by atoms with Crippen LogP contribution in [-0.4, -0.2) is 18.1 Å². The number of anilines is 2. The van der Waals surface area contributed by atoms with E-state index in [4.69, 9.17) is 15.4 Å². The molecular weight excluding hydrogens is 228 g/mol. The van der Waals surface area contributed by atoms with Gasteiger partial charge in [-0.25, -0.2) is 4.98 Å². The van der Waals surface area contributed by atoms with Crippen LogP contribution in [0.1, 0.15) is 24.8 Å². The lowest BCUT2D eigenvalue weighted by molar-refractivity contribution is 0.516. The first-order chi connectivity index (χ1) is 8.79. The number of fused-ring (bicyclic) bond motifs is 1. The van der Waals surface area contributed by atoms with Crippen LogP contribution in [0, 0.1) is 11.3 Å². The van der Waals surface area contributed by atoms with Crippen LogP contribution in [0.2, 0.25) is 0 Å². The van der Waals surface area contributed by atoms with Crippen molar-refractivity contribution in [3.05, 3.63) is 17.8 Å². The van der Waals surface area contributed by atoms with Crippen LogP contribution in [0.5, 0.6) is 0 Å². The molecule has 1 saturated heterocycles. The van der Waals surface area contributed by atoms with Gasteiger partial charge in [0.1, 0.15) is 11.8 Å². The summed E-state index contributed by atoms with van der Waals surface area (Å²) in [5, 5.41) is 9.60. The Labute approximate surface area is 105 Å². The summed E-state index contributed by atoms with van der Waals surface area (Å²) < 4.78 is 5.72. The topological polar surface area (TPSA) is 79.1 Å². The molecule has 1 aliphatic rings. The lowest BCUT2D eigenvalue weighted by Crippen LogP contribution is -2.29. The smallest absolute Gasteiger partial charge is 0.230 e. The minimum absolute atomic E-state index is 0.500. The second-order valence-electron chi connectivity index (χ2n) is 4.56. The summed E-state index contributed by atoms with van der Waals surface area (Å²) in [6, 6.07) is 3.79. The van der Waals surface area contributed by atoms with E-state index in [1.54, 1.807) is 6.07 Å². The molecule has 3 rings (SSSR count). The average Bonchev–Trinajstić information content (AvgIpc) is 2.77. The van der Waals surface area contributed by atoms with Crippen molar-refractivity contribution in [3.8, 4) is 6.07 Å². The molecule has 0 aromatic carbocycles. The number of nitrogens with zero attached hydrogens (tertiary/aromatic N) is 3. The van der Waals surface area contributed by atoms with Crippen LogP contribution in [0.25, 0.3) is 11.1 Å². The van der Waals surface area contributed by atoms with E-state index < -0.39 is 0 Å². The van der Waals surface area contributed by atoms with Crippen molar-refractivity contribution < 1.29 is 4.42 Å². The second-order valence-corrected chi connectivity index (χ2v) is 4.56. The van der Waals surface area contributed by atoms with Gasteiger partial charge in [-0.3, -0.25) is 0 Å². The fourth-order valence-electron chi connectivity index (χ4n) is 2.38. The zero-order chi connectivity index (χ0) is 12.5. The molecule has 1 fully saturated rings. The zero-order valence-corrected chi connectivity index (χ0v) is 10.0. The SMILES string of the molecule is N#Cc1cnc2oc(N3CCCCC3)c(N)c2c1. The number of pyridine rings is 1. The van der Waals surface area contributed by atoms with Crippen molar-refractivity contribution in [1.82, 2.24) is 4.98 Å². The first-order valence-electron chi connectivity index (χ1n) is 6.12. The van der Waals surface area contributed by atoms with Gasteiger partial charge in [-0.1, -0.05) is 0 Å². The summed E-state index contributed by atoms with van der Waals surface area (Å²) >= 11 is 0. The summed E-state index contributed by atoms with van der Waals surface area (Å²) in [7, 11) is 0. The number of furan rings is 1. The Morgan fingerprint density at radius 1 is 1.33 bits per heavy atom. The predicted molar refractivity (Wildman–Crippen MR) is 69.2 cm³/mol. The Kier molecular flexibility index (Phi) is 2.56. The number of nitrogen functional groups attached to an aromatic ring is 1. The van der Waals surface area contributed by atoms with Crippen LogP contribution < -0.4 is 10.6 Å². The van der Waals surface area contributed by atoms with Crippen LogP contribution >= 0.6 is 0 Å². The third kappa shape index (κ3) is 1.66. The lowest BCUT2D eigenvalue weighted by atomic mass is 10.1. The van der Waals surface area contributed by atoms with E-state index in [0.717, 1.165) is 31.3 Å². The molecule has 92 valence electrons. The number of rotatable bonds is 1. The van der Waals surface area contributed by atoms with Gasteiger partial charge in [0.05, 0.1) is 10.9 Å². The molecule has 2 N–H and O–H groups in total. The first kappa shape index (κ1) is 10.9. The van der Waals surface area contributed by atoms with E-state index in [1.165, 1.54) is 12.6 Å². The minimum Gasteiger partial charge on any atom is -0.420 e. The van der Waals surface area contributed by atoms with E-state index in [2.05, 4.69) is 16.0 Å². The maximum atomic E-state index is 8.87. The molecule has 0 radical (unpaired) electrons. The molecular formula is C13H14N4O. The number of aromatic nitrogens is 1. The van der Waals surface area contributed by atoms with Crippen molar-refractivity contribution in [3.63, 3.8) is 0 Å². The van der Waals surface area contributed by atoms with Gasteiger partial charge in [0.25, 0.3) is 0 Å². The second kappa shape index (κ2) is 4.22. The van der Waals surface area contributed by atoms with E-state index in [0.29, 0.717) is 22.8 Å². The molecule has 18 heavy (non-hydrogen) atoms. The molecule has 0 aliphatic carbocycles. The van der Waals surface area contributed by atoms with Crippen LogP contribution in [-0.2, 0) is 0 Å². The van der Waals surface area contributed by atoms with Gasteiger partial charge in [-0.2, -0.15) is 5.26 Å². The fraction of sp³-hybridized carbons (Fsp3) is 0.385. The number of hydrogen-bond donors (Lipinski definition) is 1. The first-order valence-corrected chi connectivity index (χ1v) is 6.12. The third-order valence-electron chi connectivity index (χ3n) is 3.34. The number of hydrogen-bond acceptors (Lipinski definition) is 5. The molecule has 5 heteroatoms. The quantitative estimate of drug-likeness (QED) is 0.829. The number of nitriles is 1. The highest BCUT2D eigenvalue weighted by Crippen LogP contribution is 2.35. The minimum atomic E-state index is 0.500. The Hall–Kier alpha value is -2.22. The predicted octanol–water partition coefficient (Wildman–Crippen LogP) is 2.27. The van der Waals surface area contributed by atoms with Crippen LogP contribution in [0.15, 0.2) is 16.7 Å². The van der Waals surface area contributed by atoms with Gasteiger partial charge in [0, 0.05) is 19.3 Å². The van der Waals surface area contributed by atoms with E-state index in [1.807, 2.05) is 0 Å². The van der Waals surface area contributed by atoms with Crippen molar-refractivity contribution in [2.75, 3.05) is 23.7 Å². The Morgan fingerprint density at radius 3 is 2.83 bits per heavy atom. The molecule has 0 bridgehead atoms. The Balaban J connectivity index is 2.08. The van der Waals surface area contributed by atoms with Crippen molar-refractivity contribution in [1.29, 1.82) is 5.26 Å².